The Labute approximate surface area is 176 Å². The second-order valence-electron chi connectivity index (χ2n) is 7.52. The first-order valence-corrected chi connectivity index (χ1v) is 9.73. The van der Waals surface area contributed by atoms with Crippen LogP contribution in [-0.4, -0.2) is 57.6 Å². The van der Waals surface area contributed by atoms with Gasteiger partial charge in [-0.05, 0) is 12.1 Å². The molecule has 1 amide bonds. The van der Waals surface area contributed by atoms with Gasteiger partial charge < -0.3 is 5.32 Å². The van der Waals surface area contributed by atoms with Crippen molar-refractivity contribution in [1.82, 2.24) is 18.9 Å². The van der Waals surface area contributed by atoms with E-state index in [1.165, 1.54) is 35.9 Å². The molecule has 1 aliphatic heterocycles. The van der Waals surface area contributed by atoms with Crippen LogP contribution in [-0.2, 0) is 31.6 Å². The van der Waals surface area contributed by atoms with Crippen molar-refractivity contribution in [2.45, 2.75) is 12.7 Å². The van der Waals surface area contributed by atoms with Crippen LogP contribution in [0.4, 0.5) is 18.9 Å². The number of rotatable bonds is 5. The average molecular weight is 439 g/mol. The van der Waals surface area contributed by atoms with Crippen LogP contribution in [0.3, 0.4) is 0 Å². The minimum atomic E-state index is -4.55. The summed E-state index contributed by atoms with van der Waals surface area (Å²) in [4.78, 5) is 40.1. The lowest BCUT2D eigenvalue weighted by Crippen LogP contribution is -2.49. The predicted molar refractivity (Wildman–Crippen MR) is 109 cm³/mol. The maximum absolute atomic E-state index is 13.1. The molecule has 31 heavy (non-hydrogen) atoms. The highest BCUT2D eigenvalue weighted by Gasteiger charge is 2.33. The molecule has 0 radical (unpaired) electrons. The average Bonchev–Trinajstić information content (AvgIpc) is 2.71. The fourth-order valence-electron chi connectivity index (χ4n) is 3.50. The number of nitrogens with one attached hydrogen (secondary N) is 1. The molecule has 1 aromatic carbocycles. The van der Waals surface area contributed by atoms with Gasteiger partial charge in [0.05, 0.1) is 17.8 Å². The van der Waals surface area contributed by atoms with Crippen LogP contribution in [0.1, 0.15) is 11.3 Å². The Bertz CT molecular complexity index is 1070. The minimum Gasteiger partial charge on any atom is -0.324 e. The summed E-state index contributed by atoms with van der Waals surface area (Å²) in [6, 6.07) is 6.30. The fourth-order valence-corrected chi connectivity index (χ4v) is 3.50. The molecule has 168 valence electrons. The standard InChI is InChI=1S/C20H24F3N5O3/c1-25-14(11-18(30)26(2)19(25)31)12-27-7-9-28(10-8-27)13-17(29)24-16-6-4-3-5-15(16)20(21,22)23/h3-6,11H,7-10,12-13H2,1-2H3,(H,24,29). The number of anilines is 1. The highest BCUT2D eigenvalue weighted by Crippen LogP contribution is 2.34. The first-order valence-electron chi connectivity index (χ1n) is 9.73. The van der Waals surface area contributed by atoms with Crippen LogP contribution in [0.5, 0.6) is 0 Å². The number of carbonyl (C=O) groups is 1. The lowest BCUT2D eigenvalue weighted by atomic mass is 10.1. The van der Waals surface area contributed by atoms with E-state index in [4.69, 9.17) is 0 Å². The quantitative estimate of drug-likeness (QED) is 0.748. The lowest BCUT2D eigenvalue weighted by Gasteiger charge is -2.34. The van der Waals surface area contributed by atoms with Gasteiger partial charge in [0.15, 0.2) is 0 Å². The summed E-state index contributed by atoms with van der Waals surface area (Å²) in [6.45, 7) is 2.65. The zero-order valence-corrected chi connectivity index (χ0v) is 17.3. The second-order valence-corrected chi connectivity index (χ2v) is 7.52. The van der Waals surface area contributed by atoms with E-state index >= 15 is 0 Å². The molecule has 1 aliphatic rings. The number of benzene rings is 1. The summed E-state index contributed by atoms with van der Waals surface area (Å²) in [5.41, 5.74) is -1.30. The van der Waals surface area contributed by atoms with Crippen LogP contribution in [0.25, 0.3) is 0 Å². The number of nitrogens with zero attached hydrogens (tertiary/aromatic N) is 4. The van der Waals surface area contributed by atoms with Gasteiger partial charge in [0.2, 0.25) is 5.91 Å². The maximum Gasteiger partial charge on any atom is 0.418 e. The Morgan fingerprint density at radius 2 is 1.61 bits per heavy atom. The molecule has 0 aliphatic carbocycles. The van der Waals surface area contributed by atoms with Crippen molar-refractivity contribution in [2.24, 2.45) is 14.1 Å². The molecule has 0 saturated carbocycles. The molecule has 11 heteroatoms. The van der Waals surface area contributed by atoms with Crippen molar-refractivity contribution < 1.29 is 18.0 Å². The van der Waals surface area contributed by atoms with Crippen molar-refractivity contribution in [2.75, 3.05) is 38.0 Å². The molecule has 2 aromatic rings. The largest absolute Gasteiger partial charge is 0.418 e. The molecule has 1 saturated heterocycles. The number of piperazine rings is 1. The number of halogens is 3. The van der Waals surface area contributed by atoms with Crippen LogP contribution in [0, 0.1) is 0 Å². The Morgan fingerprint density at radius 3 is 2.26 bits per heavy atom. The summed E-state index contributed by atoms with van der Waals surface area (Å²) in [5, 5.41) is 2.35. The molecule has 0 unspecified atom stereocenters. The lowest BCUT2D eigenvalue weighted by molar-refractivity contribution is -0.137. The van der Waals surface area contributed by atoms with Gasteiger partial charge in [-0.25, -0.2) is 4.79 Å². The van der Waals surface area contributed by atoms with Gasteiger partial charge in [0, 0.05) is 58.6 Å². The number of carbonyl (C=O) groups excluding carboxylic acids is 1. The van der Waals surface area contributed by atoms with Crippen LogP contribution >= 0.6 is 0 Å². The van der Waals surface area contributed by atoms with Crippen molar-refractivity contribution >= 4 is 11.6 Å². The molecule has 0 spiro atoms. The Morgan fingerprint density at radius 1 is 1.00 bits per heavy atom. The predicted octanol–water partition coefficient (Wildman–Crippen LogP) is 0.859. The summed E-state index contributed by atoms with van der Waals surface area (Å²) in [7, 11) is 3.03. The van der Waals surface area contributed by atoms with E-state index < -0.39 is 23.3 Å². The molecule has 0 atom stereocenters. The number of hydrogen-bond donors (Lipinski definition) is 1. The third kappa shape index (κ3) is 5.42. The number of para-hydroxylation sites is 1. The van der Waals surface area contributed by atoms with Gasteiger partial charge >= 0.3 is 11.9 Å². The SMILES string of the molecule is Cn1c(CN2CCN(CC(=O)Nc3ccccc3C(F)(F)F)CC2)cc(=O)n(C)c1=O. The maximum atomic E-state index is 13.1. The van der Waals surface area contributed by atoms with Crippen LogP contribution in [0.2, 0.25) is 0 Å². The summed E-state index contributed by atoms with van der Waals surface area (Å²) >= 11 is 0. The Balaban J connectivity index is 1.55. The van der Waals surface area contributed by atoms with E-state index in [-0.39, 0.29) is 17.8 Å². The summed E-state index contributed by atoms with van der Waals surface area (Å²) in [6.07, 6.45) is -4.55. The van der Waals surface area contributed by atoms with E-state index in [0.717, 1.165) is 10.6 Å². The summed E-state index contributed by atoms with van der Waals surface area (Å²) in [5.74, 6) is -0.515. The normalized spacial score (nSPS) is 15.8. The molecule has 0 bridgehead atoms. The molecule has 1 aromatic heterocycles. The zero-order valence-electron chi connectivity index (χ0n) is 17.3. The van der Waals surface area contributed by atoms with E-state index in [9.17, 15) is 27.6 Å². The minimum absolute atomic E-state index is 0.0234. The fraction of sp³-hybridized carbons (Fsp3) is 0.450. The van der Waals surface area contributed by atoms with E-state index in [2.05, 4.69) is 10.2 Å². The van der Waals surface area contributed by atoms with Crippen LogP contribution in [0.15, 0.2) is 39.9 Å². The van der Waals surface area contributed by atoms with Gasteiger partial charge in [-0.15, -0.1) is 0 Å². The zero-order chi connectivity index (χ0) is 22.8. The van der Waals surface area contributed by atoms with E-state index in [0.29, 0.717) is 38.4 Å². The molecule has 1 N–H and O–H groups in total. The molecule has 3 rings (SSSR count). The monoisotopic (exact) mass is 439 g/mol. The van der Waals surface area contributed by atoms with Crippen molar-refractivity contribution in [3.63, 3.8) is 0 Å². The van der Waals surface area contributed by atoms with Crippen molar-refractivity contribution in [3.8, 4) is 0 Å². The molecular formula is C20H24F3N5O3. The number of hydrogen-bond acceptors (Lipinski definition) is 5. The van der Waals surface area contributed by atoms with Gasteiger partial charge in [-0.1, -0.05) is 12.1 Å². The second kappa shape index (κ2) is 9.06. The Hall–Kier alpha value is -2.92. The van der Waals surface area contributed by atoms with Crippen molar-refractivity contribution in [1.29, 1.82) is 0 Å². The van der Waals surface area contributed by atoms with Crippen LogP contribution < -0.4 is 16.6 Å². The van der Waals surface area contributed by atoms with Gasteiger partial charge in [-0.3, -0.25) is 28.5 Å². The number of amides is 1. The first kappa shape index (κ1) is 22.8. The first-order chi connectivity index (χ1) is 14.6. The van der Waals surface area contributed by atoms with Gasteiger partial charge in [0.1, 0.15) is 0 Å². The van der Waals surface area contributed by atoms with E-state index in [1.54, 1.807) is 7.05 Å². The molecule has 8 nitrogen and oxygen atoms in total. The summed E-state index contributed by atoms with van der Waals surface area (Å²) < 4.78 is 41.7. The smallest absolute Gasteiger partial charge is 0.324 e. The third-order valence-electron chi connectivity index (χ3n) is 5.35. The van der Waals surface area contributed by atoms with E-state index in [1.807, 2.05) is 4.90 Å². The molecule has 2 heterocycles. The van der Waals surface area contributed by atoms with Crippen molar-refractivity contribution in [3.05, 3.63) is 62.4 Å². The van der Waals surface area contributed by atoms with Gasteiger partial charge in [0.25, 0.3) is 5.56 Å². The molecular weight excluding hydrogens is 415 g/mol. The Kier molecular flexibility index (Phi) is 6.65. The third-order valence-corrected chi connectivity index (χ3v) is 5.35. The number of alkyl halides is 3. The highest BCUT2D eigenvalue weighted by atomic mass is 19.4. The van der Waals surface area contributed by atoms with Gasteiger partial charge in [-0.2, -0.15) is 13.2 Å². The topological polar surface area (TPSA) is 79.6 Å². The highest BCUT2D eigenvalue weighted by molar-refractivity contribution is 5.93. The number of aromatic nitrogens is 2. The molecule has 1 fully saturated rings.